The van der Waals surface area contributed by atoms with Crippen molar-refractivity contribution in [2.24, 2.45) is 0 Å². The Morgan fingerprint density at radius 1 is 1.10 bits per heavy atom. The molecule has 116 valence electrons. The minimum Gasteiger partial charge on any atom is -0.382 e. The molecule has 1 aromatic rings. The molecule has 1 spiro atoms. The summed E-state index contributed by atoms with van der Waals surface area (Å²) >= 11 is 0. The summed E-state index contributed by atoms with van der Waals surface area (Å²) in [7, 11) is 0. The van der Waals surface area contributed by atoms with E-state index in [0.29, 0.717) is 12.0 Å². The van der Waals surface area contributed by atoms with Gasteiger partial charge in [-0.25, -0.2) is 0 Å². The van der Waals surface area contributed by atoms with Crippen LogP contribution < -0.4 is 5.32 Å². The fourth-order valence-electron chi connectivity index (χ4n) is 3.44. The fourth-order valence-corrected chi connectivity index (χ4v) is 3.44. The van der Waals surface area contributed by atoms with Gasteiger partial charge >= 0.3 is 0 Å². The molecular weight excluding hydrogens is 262 g/mol. The van der Waals surface area contributed by atoms with Crippen molar-refractivity contribution in [3.05, 3.63) is 29.8 Å². The summed E-state index contributed by atoms with van der Waals surface area (Å²) < 4.78 is 11.6. The van der Waals surface area contributed by atoms with Crippen LogP contribution in [0.4, 0.5) is 5.69 Å². The SMILES string of the molecule is CC(C)c1ccc(NC2CCOC3(CCOCC3)C2)cc1. The number of hydrogen-bond acceptors (Lipinski definition) is 3. The molecule has 1 N–H and O–H groups in total. The van der Waals surface area contributed by atoms with Crippen molar-refractivity contribution in [2.45, 2.75) is 57.1 Å². The van der Waals surface area contributed by atoms with E-state index in [-0.39, 0.29) is 5.60 Å². The first-order valence-electron chi connectivity index (χ1n) is 8.25. The van der Waals surface area contributed by atoms with Gasteiger partial charge in [0.1, 0.15) is 0 Å². The second-order valence-electron chi connectivity index (χ2n) is 6.75. The van der Waals surface area contributed by atoms with Crippen LogP contribution in [0.1, 0.15) is 51.0 Å². The number of nitrogens with one attached hydrogen (secondary N) is 1. The summed E-state index contributed by atoms with van der Waals surface area (Å²) in [5.74, 6) is 0.590. The third-order valence-electron chi connectivity index (χ3n) is 4.85. The van der Waals surface area contributed by atoms with Crippen molar-refractivity contribution >= 4 is 5.69 Å². The van der Waals surface area contributed by atoms with Gasteiger partial charge in [-0.2, -0.15) is 0 Å². The van der Waals surface area contributed by atoms with Crippen LogP contribution in [0.5, 0.6) is 0 Å². The van der Waals surface area contributed by atoms with Gasteiger partial charge in [0.2, 0.25) is 0 Å². The highest BCUT2D eigenvalue weighted by Gasteiger charge is 2.38. The molecule has 0 aliphatic carbocycles. The minimum absolute atomic E-state index is 0.0615. The first-order chi connectivity index (χ1) is 10.2. The molecular formula is C18H27NO2. The van der Waals surface area contributed by atoms with Crippen LogP contribution in [0.3, 0.4) is 0 Å². The molecule has 0 aromatic heterocycles. The number of rotatable bonds is 3. The monoisotopic (exact) mass is 289 g/mol. The van der Waals surface area contributed by atoms with Crippen LogP contribution in [-0.2, 0) is 9.47 Å². The average molecular weight is 289 g/mol. The maximum Gasteiger partial charge on any atom is 0.0745 e. The van der Waals surface area contributed by atoms with Gasteiger partial charge in [-0.1, -0.05) is 26.0 Å². The van der Waals surface area contributed by atoms with Crippen LogP contribution in [0.15, 0.2) is 24.3 Å². The van der Waals surface area contributed by atoms with Gasteiger partial charge in [0, 0.05) is 31.5 Å². The molecule has 0 saturated carbocycles. The lowest BCUT2D eigenvalue weighted by Crippen LogP contribution is -2.47. The molecule has 2 saturated heterocycles. The predicted octanol–water partition coefficient (Wildman–Crippen LogP) is 3.95. The normalized spacial score (nSPS) is 25.2. The van der Waals surface area contributed by atoms with Crippen molar-refractivity contribution < 1.29 is 9.47 Å². The molecule has 3 rings (SSSR count). The molecule has 2 fully saturated rings. The molecule has 1 aromatic carbocycles. The predicted molar refractivity (Wildman–Crippen MR) is 85.9 cm³/mol. The first kappa shape index (κ1) is 14.9. The van der Waals surface area contributed by atoms with E-state index in [4.69, 9.17) is 9.47 Å². The number of benzene rings is 1. The Labute approximate surface area is 128 Å². The Kier molecular flexibility index (Phi) is 4.51. The van der Waals surface area contributed by atoms with E-state index in [1.165, 1.54) is 11.3 Å². The molecule has 3 heteroatoms. The maximum absolute atomic E-state index is 6.10. The lowest BCUT2D eigenvalue weighted by atomic mass is 9.84. The minimum atomic E-state index is 0.0615. The van der Waals surface area contributed by atoms with Gasteiger partial charge < -0.3 is 14.8 Å². The second kappa shape index (κ2) is 6.37. The highest BCUT2D eigenvalue weighted by atomic mass is 16.5. The summed E-state index contributed by atoms with van der Waals surface area (Å²) in [6, 6.07) is 9.40. The summed E-state index contributed by atoms with van der Waals surface area (Å²) in [5, 5.41) is 3.70. The van der Waals surface area contributed by atoms with Crippen LogP contribution in [0, 0.1) is 0 Å². The molecule has 3 nitrogen and oxygen atoms in total. The molecule has 1 atom stereocenters. The largest absolute Gasteiger partial charge is 0.382 e. The fraction of sp³-hybridized carbons (Fsp3) is 0.667. The Morgan fingerprint density at radius 2 is 1.81 bits per heavy atom. The van der Waals surface area contributed by atoms with Gasteiger partial charge in [-0.15, -0.1) is 0 Å². The lowest BCUT2D eigenvalue weighted by Gasteiger charge is -2.43. The van der Waals surface area contributed by atoms with E-state index >= 15 is 0 Å². The van der Waals surface area contributed by atoms with Gasteiger partial charge in [-0.3, -0.25) is 0 Å². The number of hydrogen-bond donors (Lipinski definition) is 1. The van der Waals surface area contributed by atoms with E-state index in [1.54, 1.807) is 0 Å². The Hall–Kier alpha value is -1.06. The number of ether oxygens (including phenoxy) is 2. The molecule has 0 bridgehead atoms. The third-order valence-corrected chi connectivity index (χ3v) is 4.85. The summed E-state index contributed by atoms with van der Waals surface area (Å²) in [4.78, 5) is 0. The molecule has 2 aliphatic rings. The van der Waals surface area contributed by atoms with Crippen molar-refractivity contribution in [3.63, 3.8) is 0 Å². The lowest BCUT2D eigenvalue weighted by molar-refractivity contribution is -0.135. The zero-order valence-corrected chi connectivity index (χ0v) is 13.2. The van der Waals surface area contributed by atoms with E-state index in [2.05, 4.69) is 43.4 Å². The van der Waals surface area contributed by atoms with Crippen molar-refractivity contribution in [1.29, 1.82) is 0 Å². The molecule has 1 unspecified atom stereocenters. The zero-order valence-electron chi connectivity index (χ0n) is 13.2. The quantitative estimate of drug-likeness (QED) is 0.914. The highest BCUT2D eigenvalue weighted by Crippen LogP contribution is 2.35. The third kappa shape index (κ3) is 3.58. The van der Waals surface area contributed by atoms with Gasteiger partial charge in [0.05, 0.1) is 5.60 Å². The molecule has 0 amide bonds. The standard InChI is InChI=1S/C18H27NO2/c1-14(2)15-3-5-16(6-4-15)19-17-7-10-21-18(13-17)8-11-20-12-9-18/h3-6,14,17,19H,7-13H2,1-2H3. The summed E-state index contributed by atoms with van der Waals surface area (Å²) in [5.41, 5.74) is 2.69. The Bertz CT molecular complexity index is 443. The zero-order chi connectivity index (χ0) is 14.7. The van der Waals surface area contributed by atoms with Crippen LogP contribution in [0.25, 0.3) is 0 Å². The van der Waals surface area contributed by atoms with E-state index in [0.717, 1.165) is 45.5 Å². The van der Waals surface area contributed by atoms with Crippen molar-refractivity contribution in [2.75, 3.05) is 25.1 Å². The van der Waals surface area contributed by atoms with E-state index in [1.807, 2.05) is 0 Å². The molecule has 0 radical (unpaired) electrons. The highest BCUT2D eigenvalue weighted by molar-refractivity contribution is 5.46. The van der Waals surface area contributed by atoms with E-state index < -0.39 is 0 Å². The second-order valence-corrected chi connectivity index (χ2v) is 6.75. The topological polar surface area (TPSA) is 30.5 Å². The number of anilines is 1. The molecule has 2 aliphatic heterocycles. The van der Waals surface area contributed by atoms with Crippen LogP contribution in [-0.4, -0.2) is 31.5 Å². The van der Waals surface area contributed by atoms with Crippen LogP contribution in [0.2, 0.25) is 0 Å². The van der Waals surface area contributed by atoms with E-state index in [9.17, 15) is 0 Å². The van der Waals surface area contributed by atoms with Gasteiger partial charge in [0.25, 0.3) is 0 Å². The smallest absolute Gasteiger partial charge is 0.0745 e. The Balaban J connectivity index is 1.61. The Morgan fingerprint density at radius 3 is 2.48 bits per heavy atom. The summed E-state index contributed by atoms with van der Waals surface area (Å²) in [6.45, 7) is 7.01. The van der Waals surface area contributed by atoms with Crippen molar-refractivity contribution in [1.82, 2.24) is 0 Å². The summed E-state index contributed by atoms with van der Waals surface area (Å²) in [6.07, 6.45) is 4.27. The maximum atomic E-state index is 6.10. The van der Waals surface area contributed by atoms with Gasteiger partial charge in [0.15, 0.2) is 0 Å². The first-order valence-corrected chi connectivity index (χ1v) is 8.25. The van der Waals surface area contributed by atoms with Crippen LogP contribution >= 0.6 is 0 Å². The molecule has 21 heavy (non-hydrogen) atoms. The van der Waals surface area contributed by atoms with Crippen molar-refractivity contribution in [3.8, 4) is 0 Å². The van der Waals surface area contributed by atoms with Gasteiger partial charge in [-0.05, 0) is 49.3 Å². The molecule has 2 heterocycles. The average Bonchev–Trinajstić information content (AvgIpc) is 2.49.